The molecule has 14 heavy (non-hydrogen) atoms. The molecule has 0 spiro atoms. The number of carbonyl (C=O) groups is 1. The van der Waals surface area contributed by atoms with Gasteiger partial charge in [0, 0.05) is 18.5 Å². The van der Waals surface area contributed by atoms with Crippen molar-refractivity contribution in [2.45, 2.75) is 40.2 Å². The van der Waals surface area contributed by atoms with E-state index in [0.717, 1.165) is 12.8 Å². The molecule has 3 nitrogen and oxygen atoms in total. The number of rotatable bonds is 6. The molecule has 0 aromatic carbocycles. The summed E-state index contributed by atoms with van der Waals surface area (Å²) in [5.74, 6) is 0. The summed E-state index contributed by atoms with van der Waals surface area (Å²) in [6, 6.07) is 0. The SMILES string of the molecule is CCN(CC(C)(C)O)CC(C)(C)C=O. The van der Waals surface area contributed by atoms with Crippen LogP contribution in [0.1, 0.15) is 34.6 Å². The lowest BCUT2D eigenvalue weighted by Gasteiger charge is -2.32. The first-order valence-electron chi connectivity index (χ1n) is 5.11. The summed E-state index contributed by atoms with van der Waals surface area (Å²) in [6.45, 7) is 11.6. The molecule has 0 heterocycles. The van der Waals surface area contributed by atoms with Gasteiger partial charge < -0.3 is 9.90 Å². The quantitative estimate of drug-likeness (QED) is 0.659. The second kappa shape index (κ2) is 4.89. The van der Waals surface area contributed by atoms with Crippen molar-refractivity contribution in [2.24, 2.45) is 5.41 Å². The highest BCUT2D eigenvalue weighted by atomic mass is 16.3. The summed E-state index contributed by atoms with van der Waals surface area (Å²) in [5, 5.41) is 9.66. The van der Waals surface area contributed by atoms with Crippen LogP contribution < -0.4 is 0 Å². The molecule has 0 amide bonds. The fraction of sp³-hybridized carbons (Fsp3) is 0.909. The van der Waals surface area contributed by atoms with E-state index in [-0.39, 0.29) is 5.41 Å². The Balaban J connectivity index is 4.23. The minimum Gasteiger partial charge on any atom is -0.389 e. The van der Waals surface area contributed by atoms with Crippen LogP contribution in [0.15, 0.2) is 0 Å². The van der Waals surface area contributed by atoms with Gasteiger partial charge in [-0.1, -0.05) is 20.8 Å². The molecule has 0 unspecified atom stereocenters. The lowest BCUT2D eigenvalue weighted by Crippen LogP contribution is -2.43. The van der Waals surface area contributed by atoms with E-state index in [2.05, 4.69) is 4.90 Å². The summed E-state index contributed by atoms with van der Waals surface area (Å²) in [5.41, 5.74) is -1.03. The maximum atomic E-state index is 10.8. The van der Waals surface area contributed by atoms with Crippen molar-refractivity contribution in [2.75, 3.05) is 19.6 Å². The normalized spacial score (nSPS) is 13.4. The maximum Gasteiger partial charge on any atom is 0.126 e. The van der Waals surface area contributed by atoms with Gasteiger partial charge in [-0.15, -0.1) is 0 Å². The average molecular weight is 201 g/mol. The Morgan fingerprint density at radius 2 is 1.71 bits per heavy atom. The molecule has 0 atom stereocenters. The maximum absolute atomic E-state index is 10.8. The van der Waals surface area contributed by atoms with Crippen LogP contribution in [0.5, 0.6) is 0 Å². The standard InChI is InChI=1S/C11H23NO2/c1-6-12(8-11(4,5)14)7-10(2,3)9-13/h9,14H,6-8H2,1-5H3. The van der Waals surface area contributed by atoms with Crippen LogP contribution in [-0.2, 0) is 4.79 Å². The van der Waals surface area contributed by atoms with E-state index in [1.807, 2.05) is 20.8 Å². The third-order valence-electron chi connectivity index (χ3n) is 2.01. The Bertz CT molecular complexity index is 182. The molecule has 0 saturated heterocycles. The van der Waals surface area contributed by atoms with Crippen LogP contribution in [0.4, 0.5) is 0 Å². The van der Waals surface area contributed by atoms with Crippen LogP contribution in [0.2, 0.25) is 0 Å². The number of likely N-dealkylation sites (N-methyl/N-ethyl adjacent to an activating group) is 1. The molecule has 0 aromatic rings. The minimum absolute atomic E-state index is 0.332. The van der Waals surface area contributed by atoms with Crippen molar-refractivity contribution < 1.29 is 9.90 Å². The first-order valence-corrected chi connectivity index (χ1v) is 5.11. The number of hydrogen-bond donors (Lipinski definition) is 1. The molecule has 0 bridgehead atoms. The Morgan fingerprint density at radius 1 is 1.21 bits per heavy atom. The largest absolute Gasteiger partial charge is 0.389 e. The van der Waals surface area contributed by atoms with Gasteiger partial charge in [0.2, 0.25) is 0 Å². The van der Waals surface area contributed by atoms with Crippen LogP contribution in [0.25, 0.3) is 0 Å². The molecule has 0 saturated carbocycles. The van der Waals surface area contributed by atoms with Gasteiger partial charge in [0.05, 0.1) is 5.60 Å². The molecule has 0 fully saturated rings. The topological polar surface area (TPSA) is 40.5 Å². The van der Waals surface area contributed by atoms with Crippen LogP contribution in [0.3, 0.4) is 0 Å². The van der Waals surface area contributed by atoms with Gasteiger partial charge in [-0.3, -0.25) is 4.90 Å². The van der Waals surface area contributed by atoms with E-state index in [1.165, 1.54) is 0 Å². The predicted molar refractivity (Wildman–Crippen MR) is 58.3 cm³/mol. The fourth-order valence-corrected chi connectivity index (χ4v) is 1.44. The third-order valence-corrected chi connectivity index (χ3v) is 2.01. The summed E-state index contributed by atoms with van der Waals surface area (Å²) in [6.07, 6.45) is 0.972. The number of aldehydes is 1. The molecule has 0 aliphatic heterocycles. The number of carbonyl (C=O) groups excluding carboxylic acids is 1. The zero-order valence-corrected chi connectivity index (χ0v) is 10.0. The second-order valence-electron chi connectivity index (χ2n) is 5.22. The first-order chi connectivity index (χ1) is 6.20. The highest BCUT2D eigenvalue weighted by Crippen LogP contribution is 2.15. The Labute approximate surface area is 87.1 Å². The van der Waals surface area contributed by atoms with E-state index < -0.39 is 5.60 Å². The van der Waals surface area contributed by atoms with Gasteiger partial charge in [-0.25, -0.2) is 0 Å². The molecule has 0 aromatic heterocycles. The molecule has 0 aliphatic carbocycles. The van der Waals surface area contributed by atoms with Crippen molar-refractivity contribution in [3.63, 3.8) is 0 Å². The molecular weight excluding hydrogens is 178 g/mol. The van der Waals surface area contributed by atoms with E-state index in [0.29, 0.717) is 13.1 Å². The van der Waals surface area contributed by atoms with Crippen molar-refractivity contribution in [3.8, 4) is 0 Å². The van der Waals surface area contributed by atoms with Gasteiger partial charge in [-0.05, 0) is 20.4 Å². The average Bonchev–Trinajstić information content (AvgIpc) is 2.00. The predicted octanol–water partition coefficient (Wildman–Crippen LogP) is 1.30. The minimum atomic E-state index is -0.699. The fourth-order valence-electron chi connectivity index (χ4n) is 1.44. The van der Waals surface area contributed by atoms with E-state index in [4.69, 9.17) is 0 Å². The second-order valence-corrected chi connectivity index (χ2v) is 5.22. The first kappa shape index (κ1) is 13.6. The zero-order valence-electron chi connectivity index (χ0n) is 10.0. The van der Waals surface area contributed by atoms with E-state index >= 15 is 0 Å². The van der Waals surface area contributed by atoms with Crippen LogP contribution in [-0.4, -0.2) is 41.5 Å². The van der Waals surface area contributed by atoms with Crippen molar-refractivity contribution in [1.29, 1.82) is 0 Å². The van der Waals surface area contributed by atoms with E-state index in [1.54, 1.807) is 13.8 Å². The Morgan fingerprint density at radius 3 is 2.00 bits per heavy atom. The van der Waals surface area contributed by atoms with Crippen molar-refractivity contribution >= 4 is 6.29 Å². The van der Waals surface area contributed by atoms with Gasteiger partial charge in [0.15, 0.2) is 0 Å². The third kappa shape index (κ3) is 6.11. The summed E-state index contributed by atoms with van der Waals surface area (Å²) < 4.78 is 0. The molecule has 1 N–H and O–H groups in total. The van der Waals surface area contributed by atoms with Crippen LogP contribution >= 0.6 is 0 Å². The smallest absolute Gasteiger partial charge is 0.126 e. The van der Waals surface area contributed by atoms with Crippen molar-refractivity contribution in [1.82, 2.24) is 4.90 Å². The zero-order chi connectivity index (χ0) is 11.4. The molecule has 0 radical (unpaired) electrons. The van der Waals surface area contributed by atoms with E-state index in [9.17, 15) is 9.90 Å². The van der Waals surface area contributed by atoms with Gasteiger partial charge in [-0.2, -0.15) is 0 Å². The van der Waals surface area contributed by atoms with Crippen molar-refractivity contribution in [3.05, 3.63) is 0 Å². The molecule has 3 heteroatoms. The monoisotopic (exact) mass is 201 g/mol. The van der Waals surface area contributed by atoms with Gasteiger partial charge in [0.25, 0.3) is 0 Å². The Kier molecular flexibility index (Phi) is 4.75. The lowest BCUT2D eigenvalue weighted by atomic mass is 9.94. The highest BCUT2D eigenvalue weighted by molar-refractivity contribution is 5.58. The summed E-state index contributed by atoms with van der Waals surface area (Å²) >= 11 is 0. The lowest BCUT2D eigenvalue weighted by molar-refractivity contribution is -0.116. The molecule has 0 aliphatic rings. The van der Waals surface area contributed by atoms with Crippen LogP contribution in [0, 0.1) is 5.41 Å². The number of hydrogen-bond acceptors (Lipinski definition) is 3. The van der Waals surface area contributed by atoms with Gasteiger partial charge in [0.1, 0.15) is 6.29 Å². The molecular formula is C11H23NO2. The number of nitrogens with zero attached hydrogens (tertiary/aromatic N) is 1. The summed E-state index contributed by atoms with van der Waals surface area (Å²) in [4.78, 5) is 12.8. The molecule has 84 valence electrons. The highest BCUT2D eigenvalue weighted by Gasteiger charge is 2.24. The number of aliphatic hydroxyl groups is 1. The summed E-state index contributed by atoms with van der Waals surface area (Å²) in [7, 11) is 0. The molecule has 0 rings (SSSR count). The Hall–Kier alpha value is -0.410. The van der Waals surface area contributed by atoms with Gasteiger partial charge >= 0.3 is 0 Å².